The summed E-state index contributed by atoms with van der Waals surface area (Å²) in [7, 11) is 3.13. The molecule has 0 saturated carbocycles. The standard InChI is InChI=1S/C19H20N4O3/c1-24-18-13(9-21-19(23-18)25-2)8-15(16-10-20-11-22-16)14-5-3-4-12-6-7-26-17(12)14/h3-5,9-11,15H,6-8H2,1-2H3,(H,20,22). The number of aromatic amines is 1. The molecule has 1 unspecified atom stereocenters. The van der Waals surface area contributed by atoms with Crippen LogP contribution >= 0.6 is 0 Å². The minimum atomic E-state index is 0.0245. The van der Waals surface area contributed by atoms with Crippen molar-refractivity contribution < 1.29 is 14.2 Å². The molecule has 2 aromatic heterocycles. The fourth-order valence-corrected chi connectivity index (χ4v) is 3.37. The highest BCUT2D eigenvalue weighted by atomic mass is 16.5. The molecule has 0 radical (unpaired) electrons. The van der Waals surface area contributed by atoms with Gasteiger partial charge in [-0.15, -0.1) is 0 Å². The molecule has 0 amide bonds. The van der Waals surface area contributed by atoms with E-state index >= 15 is 0 Å². The van der Waals surface area contributed by atoms with Crippen LogP contribution in [0, 0.1) is 0 Å². The van der Waals surface area contributed by atoms with E-state index in [0.29, 0.717) is 12.3 Å². The van der Waals surface area contributed by atoms with Gasteiger partial charge >= 0.3 is 6.01 Å². The Hall–Kier alpha value is -3.09. The third-order valence-electron chi connectivity index (χ3n) is 4.62. The van der Waals surface area contributed by atoms with Crippen molar-refractivity contribution in [2.45, 2.75) is 18.8 Å². The number of benzene rings is 1. The van der Waals surface area contributed by atoms with E-state index < -0.39 is 0 Å². The zero-order chi connectivity index (χ0) is 17.9. The lowest BCUT2D eigenvalue weighted by Gasteiger charge is -2.19. The summed E-state index contributed by atoms with van der Waals surface area (Å²) in [6.45, 7) is 0.719. The average Bonchev–Trinajstić information content (AvgIpc) is 3.37. The summed E-state index contributed by atoms with van der Waals surface area (Å²) in [5.41, 5.74) is 4.27. The molecule has 1 atom stereocenters. The largest absolute Gasteiger partial charge is 0.493 e. The van der Waals surface area contributed by atoms with Crippen molar-refractivity contribution in [3.05, 3.63) is 59.3 Å². The maximum atomic E-state index is 5.92. The lowest BCUT2D eigenvalue weighted by atomic mass is 9.88. The third kappa shape index (κ3) is 2.96. The predicted molar refractivity (Wildman–Crippen MR) is 94.9 cm³/mol. The Labute approximate surface area is 151 Å². The van der Waals surface area contributed by atoms with Gasteiger partial charge < -0.3 is 19.2 Å². The van der Waals surface area contributed by atoms with Crippen LogP contribution < -0.4 is 14.2 Å². The zero-order valence-corrected chi connectivity index (χ0v) is 14.7. The first-order valence-electron chi connectivity index (χ1n) is 8.47. The molecule has 0 fully saturated rings. The van der Waals surface area contributed by atoms with E-state index in [0.717, 1.165) is 35.6 Å². The van der Waals surface area contributed by atoms with Crippen LogP contribution in [0.5, 0.6) is 17.6 Å². The van der Waals surface area contributed by atoms with Crippen molar-refractivity contribution in [3.8, 4) is 17.6 Å². The van der Waals surface area contributed by atoms with E-state index in [1.165, 1.54) is 12.7 Å². The molecule has 1 aliphatic heterocycles. The topological polar surface area (TPSA) is 82.2 Å². The maximum absolute atomic E-state index is 5.92. The molecule has 4 rings (SSSR count). The molecule has 3 aromatic rings. The number of para-hydroxylation sites is 1. The molecular formula is C19H20N4O3. The molecular weight excluding hydrogens is 332 g/mol. The van der Waals surface area contributed by atoms with E-state index in [4.69, 9.17) is 14.2 Å². The Morgan fingerprint density at radius 2 is 2.15 bits per heavy atom. The molecule has 0 saturated heterocycles. The van der Waals surface area contributed by atoms with Crippen LogP contribution in [0.4, 0.5) is 0 Å². The van der Waals surface area contributed by atoms with E-state index in [2.05, 4.69) is 38.1 Å². The van der Waals surface area contributed by atoms with Crippen molar-refractivity contribution in [1.82, 2.24) is 19.9 Å². The van der Waals surface area contributed by atoms with Gasteiger partial charge in [0.15, 0.2) is 0 Å². The summed E-state index contributed by atoms with van der Waals surface area (Å²) >= 11 is 0. The van der Waals surface area contributed by atoms with Crippen molar-refractivity contribution in [2.24, 2.45) is 0 Å². The third-order valence-corrected chi connectivity index (χ3v) is 4.62. The van der Waals surface area contributed by atoms with Crippen molar-refractivity contribution in [2.75, 3.05) is 20.8 Å². The minimum Gasteiger partial charge on any atom is -0.493 e. The molecule has 26 heavy (non-hydrogen) atoms. The van der Waals surface area contributed by atoms with E-state index in [9.17, 15) is 0 Å². The fraction of sp³-hybridized carbons (Fsp3) is 0.316. The molecule has 1 aromatic carbocycles. The van der Waals surface area contributed by atoms with Gasteiger partial charge in [-0.1, -0.05) is 18.2 Å². The van der Waals surface area contributed by atoms with E-state index in [1.807, 2.05) is 6.20 Å². The number of fused-ring (bicyclic) bond motifs is 1. The normalized spacial score (nSPS) is 13.8. The number of hydrogen-bond donors (Lipinski definition) is 1. The Kier molecular flexibility index (Phi) is 4.43. The van der Waals surface area contributed by atoms with Gasteiger partial charge in [0.2, 0.25) is 5.88 Å². The van der Waals surface area contributed by atoms with Crippen molar-refractivity contribution >= 4 is 0 Å². The molecule has 0 spiro atoms. The first-order chi connectivity index (χ1) is 12.8. The monoisotopic (exact) mass is 352 g/mol. The Balaban J connectivity index is 1.76. The number of ether oxygens (including phenoxy) is 3. The summed E-state index contributed by atoms with van der Waals surface area (Å²) in [5.74, 6) is 1.51. The Morgan fingerprint density at radius 1 is 1.23 bits per heavy atom. The number of hydrogen-bond acceptors (Lipinski definition) is 6. The zero-order valence-electron chi connectivity index (χ0n) is 14.7. The first-order valence-corrected chi connectivity index (χ1v) is 8.47. The van der Waals surface area contributed by atoms with Crippen molar-refractivity contribution in [1.29, 1.82) is 0 Å². The first kappa shape index (κ1) is 16.4. The van der Waals surface area contributed by atoms with Crippen LogP contribution in [0.15, 0.2) is 36.9 Å². The molecule has 7 heteroatoms. The molecule has 1 aliphatic rings. The predicted octanol–water partition coefficient (Wildman–Crippen LogP) is 2.53. The second kappa shape index (κ2) is 7.03. The maximum Gasteiger partial charge on any atom is 0.319 e. The van der Waals surface area contributed by atoms with Gasteiger partial charge in [0.25, 0.3) is 0 Å². The Bertz CT molecular complexity index is 896. The van der Waals surface area contributed by atoms with Gasteiger partial charge in [-0.3, -0.25) is 0 Å². The Morgan fingerprint density at radius 3 is 2.92 bits per heavy atom. The van der Waals surface area contributed by atoms with E-state index in [-0.39, 0.29) is 11.9 Å². The second-order valence-corrected chi connectivity index (χ2v) is 6.09. The van der Waals surface area contributed by atoms with Crippen molar-refractivity contribution in [3.63, 3.8) is 0 Å². The molecule has 7 nitrogen and oxygen atoms in total. The van der Waals surface area contributed by atoms with Gasteiger partial charge in [-0.25, -0.2) is 9.97 Å². The number of nitrogens with zero attached hydrogens (tertiary/aromatic N) is 3. The number of H-pyrrole nitrogens is 1. The smallest absolute Gasteiger partial charge is 0.319 e. The number of imidazole rings is 1. The summed E-state index contributed by atoms with van der Waals surface area (Å²) in [5, 5.41) is 0. The number of aromatic nitrogens is 4. The highest BCUT2D eigenvalue weighted by Gasteiger charge is 2.26. The molecule has 1 N–H and O–H groups in total. The number of rotatable bonds is 6. The van der Waals surface area contributed by atoms with Gasteiger partial charge in [-0.2, -0.15) is 4.98 Å². The molecule has 0 bridgehead atoms. The lowest BCUT2D eigenvalue weighted by Crippen LogP contribution is -2.10. The number of methoxy groups -OCH3 is 2. The quantitative estimate of drug-likeness (QED) is 0.734. The summed E-state index contributed by atoms with van der Waals surface area (Å²) < 4.78 is 16.5. The second-order valence-electron chi connectivity index (χ2n) is 6.09. The van der Waals surface area contributed by atoms with Crippen LogP contribution in [0.2, 0.25) is 0 Å². The minimum absolute atomic E-state index is 0.0245. The molecule has 0 aliphatic carbocycles. The van der Waals surface area contributed by atoms with Gasteiger partial charge in [0.05, 0.1) is 27.2 Å². The van der Waals surface area contributed by atoms with Crippen LogP contribution in [0.25, 0.3) is 0 Å². The van der Waals surface area contributed by atoms with Gasteiger partial charge in [0, 0.05) is 41.6 Å². The summed E-state index contributed by atoms with van der Waals surface area (Å²) in [6.07, 6.45) is 6.87. The highest BCUT2D eigenvalue weighted by molar-refractivity contribution is 5.49. The SMILES string of the molecule is COc1ncc(CC(c2cnc[nH]2)c2cccc3c2OCC3)c(OC)n1. The van der Waals surface area contributed by atoms with Crippen LogP contribution in [0.3, 0.4) is 0 Å². The molecule has 3 heterocycles. The molecule has 134 valence electrons. The van der Waals surface area contributed by atoms with E-state index in [1.54, 1.807) is 19.6 Å². The highest BCUT2D eigenvalue weighted by Crippen LogP contribution is 2.39. The lowest BCUT2D eigenvalue weighted by molar-refractivity contribution is 0.346. The van der Waals surface area contributed by atoms with Crippen LogP contribution in [-0.4, -0.2) is 40.8 Å². The van der Waals surface area contributed by atoms with Crippen LogP contribution in [-0.2, 0) is 12.8 Å². The summed E-state index contributed by atoms with van der Waals surface area (Å²) in [6, 6.07) is 6.58. The van der Waals surface area contributed by atoms with Gasteiger partial charge in [0.1, 0.15) is 5.75 Å². The fourth-order valence-electron chi connectivity index (χ4n) is 3.37. The van der Waals surface area contributed by atoms with Gasteiger partial charge in [-0.05, 0) is 12.0 Å². The number of nitrogens with one attached hydrogen (secondary N) is 1. The average molecular weight is 352 g/mol. The van der Waals surface area contributed by atoms with Crippen LogP contribution in [0.1, 0.15) is 28.3 Å². The summed E-state index contributed by atoms with van der Waals surface area (Å²) in [4.78, 5) is 16.0.